The minimum absolute atomic E-state index is 0.122. The zero-order valence-corrected chi connectivity index (χ0v) is 10.1. The second kappa shape index (κ2) is 4.24. The fourth-order valence-corrected chi connectivity index (χ4v) is 2.32. The van der Waals surface area contributed by atoms with Gasteiger partial charge in [0.1, 0.15) is 10.7 Å². The highest BCUT2D eigenvalue weighted by atomic mass is 79.9. The fourth-order valence-electron chi connectivity index (χ4n) is 0.923. The summed E-state index contributed by atoms with van der Waals surface area (Å²) < 4.78 is 25.9. The van der Waals surface area contributed by atoms with Crippen LogP contribution in [-0.2, 0) is 10.0 Å². The summed E-state index contributed by atoms with van der Waals surface area (Å²) in [6.07, 6.45) is 1.53. The fraction of sp³-hybridized carbons (Fsp3) is 0.286. The second-order valence-electron chi connectivity index (χ2n) is 2.46. The number of nitrogens with zero attached hydrogens (tertiary/aromatic N) is 1. The first kappa shape index (κ1) is 11.4. The molecule has 7 heteroatoms. The van der Waals surface area contributed by atoms with Gasteiger partial charge in [0.25, 0.3) is 0 Å². The van der Waals surface area contributed by atoms with Crippen LogP contribution in [0.25, 0.3) is 0 Å². The molecule has 0 spiro atoms. The van der Waals surface area contributed by atoms with E-state index in [1.807, 2.05) is 0 Å². The number of hydrogen-bond acceptors (Lipinski definition) is 4. The molecule has 0 fully saturated rings. The van der Waals surface area contributed by atoms with Crippen molar-refractivity contribution in [3.05, 3.63) is 16.7 Å². The number of sulfonamides is 1. The van der Waals surface area contributed by atoms with Crippen LogP contribution in [0, 0.1) is 0 Å². The molecule has 0 radical (unpaired) electrons. The van der Waals surface area contributed by atoms with E-state index in [4.69, 9.17) is 0 Å². The standard InChI is InChI=1S/C7H10BrN3O2S/c1-9-7-6(14(12,13)10-2)3-5(8)4-11-7/h3-4,10H,1-2H3,(H,9,11). The van der Waals surface area contributed by atoms with Gasteiger partial charge in [-0.25, -0.2) is 18.1 Å². The summed E-state index contributed by atoms with van der Waals surface area (Å²) in [5.41, 5.74) is 0. The monoisotopic (exact) mass is 279 g/mol. The predicted molar refractivity (Wildman–Crippen MR) is 57.7 cm³/mol. The van der Waals surface area contributed by atoms with Crippen LogP contribution in [0.3, 0.4) is 0 Å². The average Bonchev–Trinajstić information content (AvgIpc) is 2.18. The highest BCUT2D eigenvalue weighted by Gasteiger charge is 2.17. The normalized spacial score (nSPS) is 11.4. The van der Waals surface area contributed by atoms with Crippen molar-refractivity contribution in [3.8, 4) is 0 Å². The van der Waals surface area contributed by atoms with Gasteiger partial charge < -0.3 is 5.32 Å². The van der Waals surface area contributed by atoms with Crippen molar-refractivity contribution in [2.45, 2.75) is 4.90 Å². The summed E-state index contributed by atoms with van der Waals surface area (Å²) in [7, 11) is -0.496. The lowest BCUT2D eigenvalue weighted by Crippen LogP contribution is -2.20. The quantitative estimate of drug-likeness (QED) is 0.859. The summed E-state index contributed by atoms with van der Waals surface area (Å²) in [5, 5.41) is 2.71. The number of aromatic nitrogens is 1. The van der Waals surface area contributed by atoms with E-state index >= 15 is 0 Å². The number of halogens is 1. The van der Waals surface area contributed by atoms with E-state index in [1.165, 1.54) is 19.3 Å². The Kier molecular flexibility index (Phi) is 3.46. The maximum Gasteiger partial charge on any atom is 0.244 e. The summed E-state index contributed by atoms with van der Waals surface area (Å²) in [5.74, 6) is 0.322. The van der Waals surface area contributed by atoms with Crippen molar-refractivity contribution in [1.82, 2.24) is 9.71 Å². The van der Waals surface area contributed by atoms with Crippen molar-refractivity contribution in [3.63, 3.8) is 0 Å². The minimum atomic E-state index is -3.47. The van der Waals surface area contributed by atoms with Crippen molar-refractivity contribution in [1.29, 1.82) is 0 Å². The first-order chi connectivity index (χ1) is 6.51. The summed E-state index contributed by atoms with van der Waals surface area (Å²) in [6, 6.07) is 1.49. The van der Waals surface area contributed by atoms with E-state index in [1.54, 1.807) is 7.05 Å². The molecule has 0 saturated heterocycles. The molecule has 0 bridgehead atoms. The lowest BCUT2D eigenvalue weighted by atomic mass is 10.4. The van der Waals surface area contributed by atoms with Crippen LogP contribution >= 0.6 is 15.9 Å². The minimum Gasteiger partial charge on any atom is -0.372 e. The Hall–Kier alpha value is -0.660. The molecule has 0 amide bonds. The molecule has 1 rings (SSSR count). The molecule has 1 aromatic rings. The lowest BCUT2D eigenvalue weighted by molar-refractivity contribution is 0.588. The molecule has 0 unspecified atom stereocenters. The Morgan fingerprint density at radius 2 is 2.07 bits per heavy atom. The van der Waals surface area contributed by atoms with Gasteiger partial charge in [-0.05, 0) is 29.0 Å². The van der Waals surface area contributed by atoms with Gasteiger partial charge in [0.15, 0.2) is 0 Å². The molecule has 0 aliphatic rings. The van der Waals surface area contributed by atoms with Gasteiger partial charge in [-0.2, -0.15) is 0 Å². The Balaban J connectivity index is 3.39. The number of rotatable bonds is 3. The van der Waals surface area contributed by atoms with Crippen LogP contribution in [0.5, 0.6) is 0 Å². The van der Waals surface area contributed by atoms with Crippen LogP contribution in [0.2, 0.25) is 0 Å². The number of nitrogens with one attached hydrogen (secondary N) is 2. The molecule has 14 heavy (non-hydrogen) atoms. The van der Waals surface area contributed by atoms with Crippen LogP contribution in [0.4, 0.5) is 5.82 Å². The zero-order chi connectivity index (χ0) is 10.8. The number of pyridine rings is 1. The third-order valence-electron chi connectivity index (χ3n) is 1.61. The highest BCUT2D eigenvalue weighted by Crippen LogP contribution is 2.21. The molecule has 0 aliphatic carbocycles. The summed E-state index contributed by atoms with van der Waals surface area (Å²) in [4.78, 5) is 4.06. The molecule has 2 N–H and O–H groups in total. The molecular formula is C7H10BrN3O2S. The van der Waals surface area contributed by atoms with Gasteiger partial charge in [-0.1, -0.05) is 0 Å². The third kappa shape index (κ3) is 2.23. The van der Waals surface area contributed by atoms with E-state index in [-0.39, 0.29) is 4.90 Å². The van der Waals surface area contributed by atoms with Crippen LogP contribution < -0.4 is 10.0 Å². The van der Waals surface area contributed by atoms with Crippen molar-refractivity contribution < 1.29 is 8.42 Å². The van der Waals surface area contributed by atoms with Crippen molar-refractivity contribution >= 4 is 31.8 Å². The average molecular weight is 280 g/mol. The van der Waals surface area contributed by atoms with Crippen molar-refractivity contribution in [2.75, 3.05) is 19.4 Å². The molecule has 0 saturated carbocycles. The Morgan fingerprint density at radius 3 is 2.57 bits per heavy atom. The van der Waals surface area contributed by atoms with E-state index < -0.39 is 10.0 Å². The van der Waals surface area contributed by atoms with Crippen LogP contribution in [-0.4, -0.2) is 27.5 Å². The highest BCUT2D eigenvalue weighted by molar-refractivity contribution is 9.10. The summed E-state index contributed by atoms with van der Waals surface area (Å²) in [6.45, 7) is 0. The van der Waals surface area contributed by atoms with E-state index in [9.17, 15) is 8.42 Å². The molecule has 1 aromatic heterocycles. The van der Waals surface area contributed by atoms with Crippen molar-refractivity contribution in [2.24, 2.45) is 0 Å². The third-order valence-corrected chi connectivity index (χ3v) is 3.48. The Labute approximate surface area is 91.1 Å². The maximum absolute atomic E-state index is 11.5. The topological polar surface area (TPSA) is 71.1 Å². The largest absolute Gasteiger partial charge is 0.372 e. The SMILES string of the molecule is CNc1ncc(Br)cc1S(=O)(=O)NC. The Morgan fingerprint density at radius 1 is 1.43 bits per heavy atom. The predicted octanol–water partition coefficient (Wildman–Crippen LogP) is 0.794. The molecule has 78 valence electrons. The van der Waals surface area contributed by atoms with Gasteiger partial charge in [-0.15, -0.1) is 0 Å². The lowest BCUT2D eigenvalue weighted by Gasteiger charge is -2.08. The van der Waals surface area contributed by atoms with Gasteiger partial charge in [-0.3, -0.25) is 0 Å². The molecule has 0 aliphatic heterocycles. The van der Waals surface area contributed by atoms with Gasteiger partial charge >= 0.3 is 0 Å². The zero-order valence-electron chi connectivity index (χ0n) is 7.70. The number of anilines is 1. The smallest absolute Gasteiger partial charge is 0.244 e. The van der Waals surface area contributed by atoms with Crippen LogP contribution in [0.15, 0.2) is 21.6 Å². The van der Waals surface area contributed by atoms with Crippen LogP contribution in [0.1, 0.15) is 0 Å². The van der Waals surface area contributed by atoms with Gasteiger partial charge in [0, 0.05) is 17.7 Å². The van der Waals surface area contributed by atoms with Gasteiger partial charge in [0.05, 0.1) is 0 Å². The molecule has 1 heterocycles. The van der Waals surface area contributed by atoms with E-state index in [2.05, 4.69) is 31.0 Å². The maximum atomic E-state index is 11.5. The first-order valence-corrected chi connectivity index (χ1v) is 6.05. The summed E-state index contributed by atoms with van der Waals surface area (Å²) >= 11 is 3.16. The van der Waals surface area contributed by atoms with E-state index in [0.717, 1.165) is 0 Å². The van der Waals surface area contributed by atoms with E-state index in [0.29, 0.717) is 10.3 Å². The number of hydrogen-bond donors (Lipinski definition) is 2. The Bertz CT molecular complexity index is 433. The molecule has 0 atom stereocenters. The van der Waals surface area contributed by atoms with Gasteiger partial charge in [0.2, 0.25) is 10.0 Å². The molecule has 5 nitrogen and oxygen atoms in total. The molecule has 0 aromatic carbocycles. The first-order valence-electron chi connectivity index (χ1n) is 3.78. The second-order valence-corrected chi connectivity index (χ2v) is 5.23. The molecular weight excluding hydrogens is 270 g/mol.